The minimum Gasteiger partial charge on any atom is -0.304 e. The number of likely N-dealkylation sites (tertiary alicyclic amines) is 1. The van der Waals surface area contributed by atoms with E-state index in [2.05, 4.69) is 51.3 Å². The Bertz CT molecular complexity index is 1340. The molecule has 1 saturated heterocycles. The summed E-state index contributed by atoms with van der Waals surface area (Å²) in [4.78, 5) is 3.66. The number of thiophene rings is 1. The van der Waals surface area contributed by atoms with E-state index in [-0.39, 0.29) is 5.39 Å². The molecule has 36 heavy (non-hydrogen) atoms. The summed E-state index contributed by atoms with van der Waals surface area (Å²) in [6.07, 6.45) is -2.25. The number of hydrogen-bond acceptors (Lipinski definition) is 6. The van der Waals surface area contributed by atoms with Crippen LogP contribution in [0.25, 0.3) is 20.9 Å². The first kappa shape index (κ1) is 25.3. The molecular weight excluding hydrogens is 504 g/mol. The monoisotopic (exact) mass is 532 g/mol. The van der Waals surface area contributed by atoms with E-state index in [1.165, 1.54) is 46.6 Å². The molecule has 6 nitrogen and oxygen atoms in total. The number of fused-ring (bicyclic) bond motifs is 1. The molecule has 3 aromatic heterocycles. The van der Waals surface area contributed by atoms with Crippen molar-refractivity contribution in [2.24, 2.45) is 14.1 Å². The molecule has 1 fully saturated rings. The molecule has 190 valence electrons. The Labute approximate surface area is 217 Å². The fraction of sp³-hybridized carbons (Fsp3) is 0.458. The summed E-state index contributed by atoms with van der Waals surface area (Å²) in [5, 5.41) is 13.1. The van der Waals surface area contributed by atoms with E-state index in [1.54, 1.807) is 11.8 Å². The minimum absolute atomic E-state index is 0.104. The van der Waals surface area contributed by atoms with Gasteiger partial charge in [-0.3, -0.25) is 4.68 Å². The van der Waals surface area contributed by atoms with Crippen molar-refractivity contribution in [3.05, 3.63) is 41.6 Å². The zero-order chi connectivity index (χ0) is 25.4. The topological polar surface area (TPSA) is 51.8 Å². The molecule has 5 rings (SSSR count). The minimum atomic E-state index is -4.49. The van der Waals surface area contributed by atoms with Crippen molar-refractivity contribution in [3.8, 4) is 10.7 Å². The molecule has 1 aliphatic heterocycles. The molecule has 0 saturated carbocycles. The van der Waals surface area contributed by atoms with Crippen LogP contribution in [0.15, 0.2) is 35.5 Å². The zero-order valence-electron chi connectivity index (χ0n) is 20.5. The first-order valence-electron chi connectivity index (χ1n) is 12.1. The van der Waals surface area contributed by atoms with Crippen LogP contribution in [0.3, 0.4) is 0 Å². The molecule has 1 atom stereocenters. The third kappa shape index (κ3) is 5.08. The van der Waals surface area contributed by atoms with Gasteiger partial charge in [0.05, 0.1) is 4.88 Å². The molecule has 0 bridgehead atoms. The number of benzene rings is 1. The van der Waals surface area contributed by atoms with Crippen molar-refractivity contribution in [1.82, 2.24) is 29.4 Å². The van der Waals surface area contributed by atoms with Crippen LogP contribution in [0.1, 0.15) is 30.0 Å². The fourth-order valence-corrected chi connectivity index (χ4v) is 6.73. The van der Waals surface area contributed by atoms with Gasteiger partial charge in [0.25, 0.3) is 0 Å². The van der Waals surface area contributed by atoms with Crippen LogP contribution >= 0.6 is 23.1 Å². The largest absolute Gasteiger partial charge is 0.435 e. The Morgan fingerprint density at radius 3 is 2.67 bits per heavy atom. The van der Waals surface area contributed by atoms with E-state index >= 15 is 0 Å². The Morgan fingerprint density at radius 2 is 1.94 bits per heavy atom. The average molecular weight is 532 g/mol. The molecule has 0 spiro atoms. The van der Waals surface area contributed by atoms with Gasteiger partial charge in [-0.1, -0.05) is 48.3 Å². The molecular formula is C24H28BF3N6S2. The summed E-state index contributed by atoms with van der Waals surface area (Å²) in [7, 11) is 4.46. The van der Waals surface area contributed by atoms with Crippen LogP contribution in [0.2, 0.25) is 6.82 Å². The highest BCUT2D eigenvalue weighted by Crippen LogP contribution is 2.40. The highest BCUT2D eigenvalue weighted by Gasteiger charge is 2.37. The van der Waals surface area contributed by atoms with Gasteiger partial charge in [0.2, 0.25) is 0 Å². The molecule has 0 amide bonds. The van der Waals surface area contributed by atoms with Gasteiger partial charge in [-0.15, -0.1) is 21.5 Å². The lowest BCUT2D eigenvalue weighted by atomic mass is 9.73. The number of rotatable bonds is 8. The van der Waals surface area contributed by atoms with Crippen LogP contribution in [0, 0.1) is 0 Å². The van der Waals surface area contributed by atoms with Gasteiger partial charge >= 0.3 is 6.18 Å². The van der Waals surface area contributed by atoms with Gasteiger partial charge in [-0.2, -0.15) is 18.3 Å². The number of hydrogen-bond donors (Lipinski definition) is 0. The summed E-state index contributed by atoms with van der Waals surface area (Å²) >= 11 is 2.88. The summed E-state index contributed by atoms with van der Waals surface area (Å²) in [6, 6.07) is 10.6. The predicted molar refractivity (Wildman–Crippen MR) is 142 cm³/mol. The Hall–Kier alpha value is -2.31. The molecule has 0 aliphatic carbocycles. The van der Waals surface area contributed by atoms with Crippen molar-refractivity contribution in [2.45, 2.75) is 36.9 Å². The fourth-order valence-electron chi connectivity index (χ4n) is 4.80. The van der Waals surface area contributed by atoms with Gasteiger partial charge in [-0.25, -0.2) is 0 Å². The Morgan fingerprint density at radius 1 is 1.17 bits per heavy atom. The summed E-state index contributed by atoms with van der Waals surface area (Å²) in [5.74, 6) is 2.09. The molecule has 0 N–H and O–H groups in total. The zero-order valence-corrected chi connectivity index (χ0v) is 22.2. The Balaban J connectivity index is 1.16. The number of halogens is 3. The lowest BCUT2D eigenvalue weighted by molar-refractivity contribution is -0.140. The van der Waals surface area contributed by atoms with E-state index in [1.807, 2.05) is 11.6 Å². The van der Waals surface area contributed by atoms with Crippen molar-refractivity contribution in [2.75, 3.05) is 25.4 Å². The molecule has 1 unspecified atom stereocenters. The molecule has 1 aromatic carbocycles. The first-order chi connectivity index (χ1) is 17.2. The third-order valence-corrected chi connectivity index (χ3v) is 9.12. The van der Waals surface area contributed by atoms with Gasteiger partial charge in [0, 0.05) is 31.8 Å². The highest BCUT2D eigenvalue weighted by molar-refractivity contribution is 7.99. The smallest absolute Gasteiger partial charge is 0.304 e. The van der Waals surface area contributed by atoms with E-state index in [4.69, 9.17) is 0 Å². The Kier molecular flexibility index (Phi) is 7.19. The quantitative estimate of drug-likeness (QED) is 0.190. The maximum absolute atomic E-state index is 13.3. The normalized spacial score (nSPS) is 16.9. The number of alkyl halides is 3. The van der Waals surface area contributed by atoms with Crippen molar-refractivity contribution < 1.29 is 13.2 Å². The first-order valence-corrected chi connectivity index (χ1v) is 13.9. The van der Waals surface area contributed by atoms with Gasteiger partial charge < -0.3 is 9.47 Å². The number of aromatic nitrogens is 5. The van der Waals surface area contributed by atoms with Gasteiger partial charge in [0.15, 0.2) is 24.0 Å². The van der Waals surface area contributed by atoms with Crippen LogP contribution in [-0.2, 0) is 20.3 Å². The van der Waals surface area contributed by atoms with E-state index < -0.39 is 11.9 Å². The van der Waals surface area contributed by atoms with Crippen molar-refractivity contribution in [3.63, 3.8) is 0 Å². The van der Waals surface area contributed by atoms with Crippen LogP contribution in [0.5, 0.6) is 0 Å². The maximum atomic E-state index is 13.3. The average Bonchev–Trinajstić information content (AvgIpc) is 3.62. The van der Waals surface area contributed by atoms with E-state index in [0.29, 0.717) is 21.4 Å². The SMILES string of the molecule is CBc1ccc(C2CCN(CCCSc3nnc(-c4cc5c(C(F)(F)F)nn(C)c5s4)n3C)C2)cc1. The van der Waals surface area contributed by atoms with E-state index in [9.17, 15) is 13.2 Å². The number of thioether (sulfide) groups is 1. The highest BCUT2D eigenvalue weighted by atomic mass is 32.2. The molecule has 4 aromatic rings. The van der Waals surface area contributed by atoms with E-state index in [0.717, 1.165) is 44.2 Å². The molecule has 12 heteroatoms. The van der Waals surface area contributed by atoms with Crippen molar-refractivity contribution in [1.29, 1.82) is 0 Å². The van der Waals surface area contributed by atoms with Crippen LogP contribution in [-0.4, -0.2) is 62.1 Å². The third-order valence-electron chi connectivity index (χ3n) is 6.82. The lowest BCUT2D eigenvalue weighted by Crippen LogP contribution is -2.22. The number of nitrogens with zero attached hydrogens (tertiary/aromatic N) is 6. The van der Waals surface area contributed by atoms with Gasteiger partial charge in [-0.05, 0) is 43.5 Å². The number of aryl methyl sites for hydroxylation is 1. The van der Waals surface area contributed by atoms with Gasteiger partial charge in [0.1, 0.15) is 4.83 Å². The van der Waals surface area contributed by atoms with Crippen LogP contribution < -0.4 is 5.46 Å². The standard InChI is InChI=1S/C24H28BF3N6S2/c1-25-17-7-5-15(6-8-17)16-9-11-34(14-16)10-4-12-35-23-30-29-21(32(23)2)19-13-18-20(24(26,27)28)31-33(3)22(18)36-19/h5-8,13,16,25H,4,9-12,14H2,1-3H3. The molecule has 0 radical (unpaired) electrons. The maximum Gasteiger partial charge on any atom is 0.435 e. The summed E-state index contributed by atoms with van der Waals surface area (Å²) < 4.78 is 43.1. The van der Waals surface area contributed by atoms with Crippen molar-refractivity contribution >= 4 is 46.1 Å². The summed E-state index contributed by atoms with van der Waals surface area (Å²) in [6.45, 7) is 5.45. The second kappa shape index (κ2) is 10.2. The summed E-state index contributed by atoms with van der Waals surface area (Å²) in [5.41, 5.74) is 1.96. The second-order valence-electron chi connectivity index (χ2n) is 9.25. The lowest BCUT2D eigenvalue weighted by Gasteiger charge is -2.16. The second-order valence-corrected chi connectivity index (χ2v) is 11.3. The molecule has 1 aliphatic rings. The van der Waals surface area contributed by atoms with Crippen LogP contribution in [0.4, 0.5) is 13.2 Å². The predicted octanol–water partition coefficient (Wildman–Crippen LogP) is 4.53. The molecule has 4 heterocycles.